The van der Waals surface area contributed by atoms with Crippen LogP contribution in [0, 0.1) is 5.41 Å². The highest BCUT2D eigenvalue weighted by molar-refractivity contribution is 7.80. The van der Waals surface area contributed by atoms with Crippen LogP contribution in [0.15, 0.2) is 48.5 Å². The van der Waals surface area contributed by atoms with Crippen LogP contribution in [0.4, 0.5) is 0 Å². The molecule has 0 atom stereocenters. The van der Waals surface area contributed by atoms with Crippen molar-refractivity contribution in [1.29, 1.82) is 0 Å². The van der Waals surface area contributed by atoms with Gasteiger partial charge in [0, 0.05) is 26.2 Å². The SMILES string of the molecule is COc1ccc(CNC(=S)NCC(C)(C)CNC(=S)NCc2ccc(OC)cc2)cc1. The van der Waals surface area contributed by atoms with Gasteiger partial charge in [-0.25, -0.2) is 0 Å². The molecule has 0 aromatic heterocycles. The van der Waals surface area contributed by atoms with Crippen LogP contribution < -0.4 is 30.7 Å². The third kappa shape index (κ3) is 9.40. The fraction of sp³-hybridized carbons (Fsp3) is 0.391. The molecule has 8 heteroatoms. The van der Waals surface area contributed by atoms with Crippen molar-refractivity contribution in [3.8, 4) is 11.5 Å². The Hall–Kier alpha value is -2.58. The van der Waals surface area contributed by atoms with E-state index in [0.717, 1.165) is 35.7 Å². The zero-order valence-electron chi connectivity index (χ0n) is 18.6. The van der Waals surface area contributed by atoms with Gasteiger partial charge < -0.3 is 30.7 Å². The molecule has 0 aliphatic rings. The summed E-state index contributed by atoms with van der Waals surface area (Å²) in [5.41, 5.74) is 2.23. The van der Waals surface area contributed by atoms with Gasteiger partial charge in [0.05, 0.1) is 14.2 Å². The van der Waals surface area contributed by atoms with Crippen molar-refractivity contribution in [1.82, 2.24) is 21.3 Å². The van der Waals surface area contributed by atoms with Crippen molar-refractivity contribution >= 4 is 34.7 Å². The maximum atomic E-state index is 5.40. The lowest BCUT2D eigenvalue weighted by atomic mass is 9.93. The Labute approximate surface area is 196 Å². The summed E-state index contributed by atoms with van der Waals surface area (Å²) < 4.78 is 10.3. The second kappa shape index (κ2) is 12.3. The third-order valence-corrected chi connectivity index (χ3v) is 5.26. The van der Waals surface area contributed by atoms with Crippen LogP contribution >= 0.6 is 24.4 Å². The van der Waals surface area contributed by atoms with Gasteiger partial charge in [0.15, 0.2) is 10.2 Å². The second-order valence-electron chi connectivity index (χ2n) is 7.93. The number of hydrogen-bond donors (Lipinski definition) is 4. The second-order valence-corrected chi connectivity index (χ2v) is 8.75. The molecule has 2 aromatic carbocycles. The number of hydrogen-bond acceptors (Lipinski definition) is 4. The Balaban J connectivity index is 1.65. The van der Waals surface area contributed by atoms with Gasteiger partial charge in [-0.1, -0.05) is 38.1 Å². The van der Waals surface area contributed by atoms with E-state index in [9.17, 15) is 0 Å². The normalized spacial score (nSPS) is 10.7. The molecule has 168 valence electrons. The number of rotatable bonds is 10. The molecule has 0 saturated carbocycles. The highest BCUT2D eigenvalue weighted by Gasteiger charge is 2.18. The van der Waals surface area contributed by atoms with Crippen LogP contribution in [-0.2, 0) is 13.1 Å². The molecular formula is C23H32N4O2S2. The van der Waals surface area contributed by atoms with Gasteiger partial charge in [0.25, 0.3) is 0 Å². The molecule has 0 unspecified atom stereocenters. The van der Waals surface area contributed by atoms with Crippen molar-refractivity contribution in [3.05, 3.63) is 59.7 Å². The Kier molecular flexibility index (Phi) is 9.81. The summed E-state index contributed by atoms with van der Waals surface area (Å²) >= 11 is 10.8. The molecule has 4 N–H and O–H groups in total. The average molecular weight is 461 g/mol. The van der Waals surface area contributed by atoms with E-state index in [1.807, 2.05) is 48.5 Å². The number of thiocarbonyl (C=S) groups is 2. The minimum Gasteiger partial charge on any atom is -0.497 e. The summed E-state index contributed by atoms with van der Waals surface area (Å²) in [7, 11) is 3.32. The van der Waals surface area contributed by atoms with Crippen LogP contribution in [0.3, 0.4) is 0 Å². The molecule has 0 amide bonds. The highest BCUT2D eigenvalue weighted by Crippen LogP contribution is 2.13. The predicted molar refractivity (Wildman–Crippen MR) is 135 cm³/mol. The average Bonchev–Trinajstić information content (AvgIpc) is 2.79. The fourth-order valence-corrected chi connectivity index (χ4v) is 2.97. The Morgan fingerprint density at radius 2 is 1.03 bits per heavy atom. The molecule has 31 heavy (non-hydrogen) atoms. The van der Waals surface area contributed by atoms with Gasteiger partial charge in [-0.15, -0.1) is 0 Å². The first-order chi connectivity index (χ1) is 14.8. The van der Waals surface area contributed by atoms with Gasteiger partial charge in [0.2, 0.25) is 0 Å². The topological polar surface area (TPSA) is 66.6 Å². The number of methoxy groups -OCH3 is 2. The van der Waals surface area contributed by atoms with E-state index >= 15 is 0 Å². The maximum Gasteiger partial charge on any atom is 0.166 e. The van der Waals surface area contributed by atoms with Crippen LogP contribution in [0.25, 0.3) is 0 Å². The lowest BCUT2D eigenvalue weighted by Gasteiger charge is -2.27. The van der Waals surface area contributed by atoms with E-state index in [4.69, 9.17) is 33.9 Å². The quantitative estimate of drug-likeness (QED) is 0.403. The third-order valence-electron chi connectivity index (χ3n) is 4.68. The molecule has 6 nitrogen and oxygen atoms in total. The van der Waals surface area contributed by atoms with Gasteiger partial charge in [0.1, 0.15) is 11.5 Å². The predicted octanol–water partition coefficient (Wildman–Crippen LogP) is 3.36. The van der Waals surface area contributed by atoms with E-state index in [1.165, 1.54) is 0 Å². The van der Waals surface area contributed by atoms with Crippen LogP contribution in [0.2, 0.25) is 0 Å². The van der Waals surface area contributed by atoms with E-state index < -0.39 is 0 Å². The first kappa shape index (κ1) is 24.7. The van der Waals surface area contributed by atoms with Crippen molar-refractivity contribution in [2.75, 3.05) is 27.3 Å². The molecule has 0 aliphatic carbocycles. The lowest BCUT2D eigenvalue weighted by molar-refractivity contribution is 0.359. The Bertz CT molecular complexity index is 770. The van der Waals surface area contributed by atoms with Gasteiger partial charge >= 0.3 is 0 Å². The summed E-state index contributed by atoms with van der Waals surface area (Å²) in [6.45, 7) is 7.07. The van der Waals surface area contributed by atoms with Crippen molar-refractivity contribution < 1.29 is 9.47 Å². The number of nitrogens with one attached hydrogen (secondary N) is 4. The number of ether oxygens (including phenoxy) is 2. The van der Waals surface area contributed by atoms with E-state index in [0.29, 0.717) is 23.3 Å². The molecule has 0 fully saturated rings. The molecule has 0 bridgehead atoms. The zero-order valence-corrected chi connectivity index (χ0v) is 20.2. The number of benzene rings is 2. The molecule has 0 saturated heterocycles. The molecular weight excluding hydrogens is 428 g/mol. The first-order valence-electron chi connectivity index (χ1n) is 10.1. The summed E-state index contributed by atoms with van der Waals surface area (Å²) in [5.74, 6) is 1.69. The standard InChI is InChI=1S/C23H32N4O2S2/c1-23(2,15-26-21(30)24-13-17-5-9-19(28-3)10-6-17)16-27-22(31)25-14-18-7-11-20(29-4)12-8-18/h5-12H,13-16H2,1-4H3,(H2,24,26,30)(H2,25,27,31). The van der Waals surface area contributed by atoms with Crippen molar-refractivity contribution in [3.63, 3.8) is 0 Å². The Morgan fingerprint density at radius 1 is 0.677 bits per heavy atom. The minimum atomic E-state index is -0.0439. The molecule has 2 aromatic rings. The summed E-state index contributed by atoms with van der Waals surface area (Å²) in [4.78, 5) is 0. The molecule has 2 rings (SSSR count). The van der Waals surface area contributed by atoms with E-state index in [2.05, 4.69) is 35.1 Å². The lowest BCUT2D eigenvalue weighted by Crippen LogP contribution is -2.46. The molecule has 0 spiro atoms. The fourth-order valence-electron chi connectivity index (χ4n) is 2.68. The zero-order chi connectivity index (χ0) is 22.7. The molecule has 0 aliphatic heterocycles. The van der Waals surface area contributed by atoms with E-state index in [-0.39, 0.29) is 5.41 Å². The van der Waals surface area contributed by atoms with Gasteiger partial charge in [-0.2, -0.15) is 0 Å². The molecule has 0 heterocycles. The summed E-state index contributed by atoms with van der Waals surface area (Å²) in [6.07, 6.45) is 0. The van der Waals surface area contributed by atoms with Crippen LogP contribution in [0.5, 0.6) is 11.5 Å². The first-order valence-corrected chi connectivity index (χ1v) is 10.9. The van der Waals surface area contributed by atoms with E-state index in [1.54, 1.807) is 14.2 Å². The van der Waals surface area contributed by atoms with Crippen molar-refractivity contribution in [2.24, 2.45) is 5.41 Å². The van der Waals surface area contributed by atoms with Crippen molar-refractivity contribution in [2.45, 2.75) is 26.9 Å². The summed E-state index contributed by atoms with van der Waals surface area (Å²) in [6, 6.07) is 15.8. The summed E-state index contributed by atoms with van der Waals surface area (Å²) in [5, 5.41) is 14.3. The largest absolute Gasteiger partial charge is 0.497 e. The Morgan fingerprint density at radius 3 is 1.35 bits per heavy atom. The van der Waals surface area contributed by atoms with Crippen LogP contribution in [0.1, 0.15) is 25.0 Å². The van der Waals surface area contributed by atoms with Crippen LogP contribution in [-0.4, -0.2) is 37.5 Å². The van der Waals surface area contributed by atoms with Gasteiger partial charge in [-0.05, 0) is 65.2 Å². The highest BCUT2D eigenvalue weighted by atomic mass is 32.1. The maximum absolute atomic E-state index is 5.40. The molecule has 0 radical (unpaired) electrons. The monoisotopic (exact) mass is 460 g/mol. The van der Waals surface area contributed by atoms with Gasteiger partial charge in [-0.3, -0.25) is 0 Å². The minimum absolute atomic E-state index is 0.0439. The smallest absolute Gasteiger partial charge is 0.166 e.